The van der Waals surface area contributed by atoms with Gasteiger partial charge >= 0.3 is 0 Å². The van der Waals surface area contributed by atoms with E-state index in [1.165, 1.54) is 14.0 Å². The maximum absolute atomic E-state index is 10.7. The molecule has 0 bridgehead atoms. The minimum absolute atomic E-state index is 0.125. The normalized spacial score (nSPS) is 12.3. The van der Waals surface area contributed by atoms with Gasteiger partial charge < -0.3 is 21.1 Å². The van der Waals surface area contributed by atoms with Crippen LogP contribution in [0.5, 0.6) is 0 Å². The Balaban J connectivity index is 0. The Morgan fingerprint density at radius 1 is 1.11 bits per heavy atom. The fraction of sp³-hybridized carbons (Fsp3) is 0.727. The Morgan fingerprint density at radius 3 is 1.83 bits per heavy atom. The van der Waals surface area contributed by atoms with Gasteiger partial charge in [0.2, 0.25) is 17.7 Å². The topological polar surface area (TPSA) is 108 Å². The van der Waals surface area contributed by atoms with Gasteiger partial charge in [0, 0.05) is 21.0 Å². The van der Waals surface area contributed by atoms with Crippen LogP contribution in [-0.4, -0.2) is 49.1 Å². The lowest BCUT2D eigenvalue weighted by atomic mass is 10.3. The maximum Gasteiger partial charge on any atom is 0.242 e. The zero-order chi connectivity index (χ0) is 14.7. The van der Waals surface area contributed by atoms with E-state index in [4.69, 9.17) is 5.11 Å². The zero-order valence-corrected chi connectivity index (χ0v) is 11.5. The van der Waals surface area contributed by atoms with Gasteiger partial charge in [-0.1, -0.05) is 0 Å². The average Bonchev–Trinajstić information content (AvgIpc) is 2.26. The number of aliphatic hydroxyl groups excluding tert-OH is 1. The molecule has 0 fully saturated rings. The molecule has 0 aromatic heterocycles. The molecular weight excluding hydrogens is 238 g/mol. The number of amides is 3. The van der Waals surface area contributed by atoms with Crippen molar-refractivity contribution in [1.29, 1.82) is 0 Å². The van der Waals surface area contributed by atoms with E-state index in [1.807, 2.05) is 0 Å². The lowest BCUT2D eigenvalue weighted by Gasteiger charge is -2.09. The molecule has 0 rings (SSSR count). The Morgan fingerprint density at radius 2 is 1.61 bits per heavy atom. The highest BCUT2D eigenvalue weighted by atomic mass is 16.3. The van der Waals surface area contributed by atoms with Crippen LogP contribution in [0.25, 0.3) is 0 Å². The van der Waals surface area contributed by atoms with Crippen LogP contribution in [0.2, 0.25) is 0 Å². The largest absolute Gasteiger partial charge is 0.393 e. The van der Waals surface area contributed by atoms with Crippen molar-refractivity contribution in [1.82, 2.24) is 16.0 Å². The van der Waals surface area contributed by atoms with Gasteiger partial charge in [0.15, 0.2) is 0 Å². The third kappa shape index (κ3) is 12.4. The second-order valence-electron chi connectivity index (χ2n) is 3.76. The third-order valence-corrected chi connectivity index (χ3v) is 1.82. The highest BCUT2D eigenvalue weighted by Gasteiger charge is 2.10. The van der Waals surface area contributed by atoms with Crippen LogP contribution in [0.1, 0.15) is 27.2 Å². The minimum atomic E-state index is -0.532. The van der Waals surface area contributed by atoms with E-state index in [2.05, 4.69) is 16.0 Å². The van der Waals surface area contributed by atoms with Crippen LogP contribution in [0.4, 0.5) is 0 Å². The fourth-order valence-electron chi connectivity index (χ4n) is 0.957. The van der Waals surface area contributed by atoms with Crippen LogP contribution >= 0.6 is 0 Å². The molecule has 0 spiro atoms. The summed E-state index contributed by atoms with van der Waals surface area (Å²) < 4.78 is 0. The fourth-order valence-corrected chi connectivity index (χ4v) is 0.957. The standard InChI is InChI=1S/C6H12N2O2.C5H11NO2/c1-4(6(10)7-3)8-5(2)9;1-4(7)3-5(8)6-2/h4H,1-3H3,(H,7,10)(H,8,9);4,7H,3H2,1-2H3,(H,6,8). The highest BCUT2D eigenvalue weighted by Crippen LogP contribution is 1.86. The van der Waals surface area contributed by atoms with Gasteiger partial charge in [-0.25, -0.2) is 0 Å². The van der Waals surface area contributed by atoms with Gasteiger partial charge in [-0.2, -0.15) is 0 Å². The van der Waals surface area contributed by atoms with E-state index in [1.54, 1.807) is 20.9 Å². The summed E-state index contributed by atoms with van der Waals surface area (Å²) in [6.07, 6.45) is -0.341. The van der Waals surface area contributed by atoms with E-state index < -0.39 is 12.1 Å². The lowest BCUT2D eigenvalue weighted by molar-refractivity contribution is -0.127. The van der Waals surface area contributed by atoms with Crippen molar-refractivity contribution in [3.05, 3.63) is 0 Å². The van der Waals surface area contributed by atoms with E-state index >= 15 is 0 Å². The first kappa shape index (κ1) is 18.7. The van der Waals surface area contributed by atoms with Crippen molar-refractivity contribution >= 4 is 17.7 Å². The predicted molar refractivity (Wildman–Crippen MR) is 67.7 cm³/mol. The smallest absolute Gasteiger partial charge is 0.242 e. The molecule has 0 aliphatic heterocycles. The monoisotopic (exact) mass is 261 g/mol. The molecule has 2 atom stereocenters. The molecule has 106 valence electrons. The molecule has 2 unspecified atom stereocenters. The maximum atomic E-state index is 10.7. The molecule has 4 N–H and O–H groups in total. The lowest BCUT2D eigenvalue weighted by Crippen LogP contribution is -2.42. The van der Waals surface area contributed by atoms with Crippen LogP contribution in [0.3, 0.4) is 0 Å². The number of likely N-dealkylation sites (N-methyl/N-ethyl adjacent to an activating group) is 1. The molecule has 18 heavy (non-hydrogen) atoms. The predicted octanol–water partition coefficient (Wildman–Crippen LogP) is -1.24. The van der Waals surface area contributed by atoms with E-state index in [-0.39, 0.29) is 24.1 Å². The van der Waals surface area contributed by atoms with Crippen LogP contribution in [0, 0.1) is 0 Å². The molecule has 0 aliphatic rings. The van der Waals surface area contributed by atoms with E-state index in [9.17, 15) is 14.4 Å². The first-order valence-electron chi connectivity index (χ1n) is 5.61. The molecule has 0 aromatic rings. The number of rotatable bonds is 4. The molecule has 7 nitrogen and oxygen atoms in total. The number of nitrogens with one attached hydrogen (secondary N) is 3. The first-order valence-corrected chi connectivity index (χ1v) is 5.61. The molecule has 0 saturated carbocycles. The van der Waals surface area contributed by atoms with Crippen molar-refractivity contribution in [3.63, 3.8) is 0 Å². The molecule has 0 heterocycles. The summed E-state index contributed by atoms with van der Waals surface area (Å²) >= 11 is 0. The van der Waals surface area contributed by atoms with Gasteiger partial charge in [0.1, 0.15) is 6.04 Å². The summed E-state index contributed by atoms with van der Waals surface area (Å²) in [7, 11) is 3.07. The van der Waals surface area contributed by atoms with Crippen molar-refractivity contribution in [2.45, 2.75) is 39.3 Å². The van der Waals surface area contributed by atoms with Gasteiger partial charge in [0.05, 0.1) is 12.5 Å². The van der Waals surface area contributed by atoms with E-state index in [0.29, 0.717) is 0 Å². The molecule has 3 amide bonds. The molecule has 0 radical (unpaired) electrons. The van der Waals surface area contributed by atoms with Crippen molar-refractivity contribution in [3.8, 4) is 0 Å². The minimum Gasteiger partial charge on any atom is -0.393 e. The summed E-state index contributed by atoms with van der Waals surface area (Å²) in [5, 5.41) is 15.8. The van der Waals surface area contributed by atoms with Crippen molar-refractivity contribution < 1.29 is 19.5 Å². The molecular formula is C11H23N3O4. The van der Waals surface area contributed by atoms with Gasteiger partial charge in [-0.3, -0.25) is 14.4 Å². The highest BCUT2D eigenvalue weighted by molar-refractivity contribution is 5.86. The number of hydrogen-bond donors (Lipinski definition) is 4. The Hall–Kier alpha value is -1.63. The number of aliphatic hydroxyl groups is 1. The Labute approximate surface area is 107 Å². The molecule has 0 aromatic carbocycles. The van der Waals surface area contributed by atoms with Crippen LogP contribution < -0.4 is 16.0 Å². The van der Waals surface area contributed by atoms with Gasteiger partial charge in [0.25, 0.3) is 0 Å². The van der Waals surface area contributed by atoms with Gasteiger partial charge in [-0.05, 0) is 13.8 Å². The SMILES string of the molecule is CNC(=O)C(C)NC(C)=O.CNC(=O)CC(C)O. The summed E-state index contributed by atoms with van der Waals surface area (Å²) in [4.78, 5) is 31.5. The van der Waals surface area contributed by atoms with Crippen LogP contribution in [0.15, 0.2) is 0 Å². The quantitative estimate of drug-likeness (QED) is 0.507. The second kappa shape index (κ2) is 10.5. The summed E-state index contributed by atoms with van der Waals surface area (Å²) in [5.41, 5.74) is 0. The average molecular weight is 261 g/mol. The number of carbonyl (C=O) groups is 3. The summed E-state index contributed by atoms with van der Waals surface area (Å²) in [6.45, 7) is 4.58. The van der Waals surface area contributed by atoms with Crippen molar-refractivity contribution in [2.24, 2.45) is 0 Å². The molecule has 7 heteroatoms. The zero-order valence-electron chi connectivity index (χ0n) is 11.5. The van der Waals surface area contributed by atoms with Crippen LogP contribution in [-0.2, 0) is 14.4 Å². The molecule has 0 aliphatic carbocycles. The second-order valence-corrected chi connectivity index (χ2v) is 3.76. The Kier molecular flexibility index (Phi) is 10.9. The number of carbonyl (C=O) groups excluding carboxylic acids is 3. The molecule has 0 saturated heterocycles. The first-order chi connectivity index (χ1) is 8.24. The van der Waals surface area contributed by atoms with Crippen molar-refractivity contribution in [2.75, 3.05) is 14.1 Å². The van der Waals surface area contributed by atoms with Gasteiger partial charge in [-0.15, -0.1) is 0 Å². The third-order valence-electron chi connectivity index (χ3n) is 1.82. The number of hydrogen-bond acceptors (Lipinski definition) is 4. The summed E-state index contributed by atoms with van der Waals surface area (Å²) in [6, 6.07) is -0.442. The Bertz CT molecular complexity index is 279. The summed E-state index contributed by atoms with van der Waals surface area (Å²) in [5.74, 6) is -0.508. The van der Waals surface area contributed by atoms with E-state index in [0.717, 1.165) is 0 Å².